The zero-order valence-electron chi connectivity index (χ0n) is 14.1. The molecule has 0 atom stereocenters. The molecule has 0 aliphatic carbocycles. The first kappa shape index (κ1) is 18.7. The number of carbonyl (C=O) groups is 1. The Hall–Kier alpha value is -2.06. The van der Waals surface area contributed by atoms with E-state index in [9.17, 15) is 17.6 Å². The molecular weight excluding hydrogens is 377 g/mol. The van der Waals surface area contributed by atoms with Crippen LogP contribution in [0.1, 0.15) is 0 Å². The molecule has 1 saturated heterocycles. The normalized spacial score (nSPS) is 14.8. The van der Waals surface area contributed by atoms with Crippen molar-refractivity contribution in [1.82, 2.24) is 4.90 Å². The van der Waals surface area contributed by atoms with E-state index in [1.54, 1.807) is 24.3 Å². The molecule has 0 N–H and O–H groups in total. The minimum Gasteiger partial charge on any atom is -0.497 e. The predicted molar refractivity (Wildman–Crippen MR) is 97.7 cm³/mol. The number of hydrogen-bond acceptors (Lipinski definition) is 5. The Balaban J connectivity index is 1.53. The van der Waals surface area contributed by atoms with Crippen LogP contribution in [-0.4, -0.2) is 50.4 Å². The topological polar surface area (TPSA) is 63.7 Å². The van der Waals surface area contributed by atoms with E-state index in [0.717, 1.165) is 4.90 Å². The van der Waals surface area contributed by atoms with E-state index in [4.69, 9.17) is 4.74 Å². The van der Waals surface area contributed by atoms with Gasteiger partial charge in [-0.05, 0) is 48.5 Å². The van der Waals surface area contributed by atoms with Crippen molar-refractivity contribution in [3.63, 3.8) is 0 Å². The number of methoxy groups -OCH3 is 1. The third-order valence-corrected chi connectivity index (χ3v) is 7.31. The molecule has 0 spiro atoms. The van der Waals surface area contributed by atoms with Gasteiger partial charge in [-0.15, -0.1) is 11.8 Å². The van der Waals surface area contributed by atoms with Crippen LogP contribution >= 0.6 is 11.8 Å². The van der Waals surface area contributed by atoms with Crippen LogP contribution in [0.3, 0.4) is 0 Å². The lowest BCUT2D eigenvalue weighted by molar-refractivity contribution is -0.131. The van der Waals surface area contributed by atoms with Gasteiger partial charge in [0.1, 0.15) is 16.8 Å². The lowest BCUT2D eigenvalue weighted by Gasteiger charge is -2.38. The molecule has 0 radical (unpaired) electrons. The summed E-state index contributed by atoms with van der Waals surface area (Å²) in [5.41, 5.74) is 0. The summed E-state index contributed by atoms with van der Waals surface area (Å²) in [6.45, 7) is 0.383. The Morgan fingerprint density at radius 1 is 1.15 bits per heavy atom. The van der Waals surface area contributed by atoms with E-state index in [1.165, 1.54) is 48.0 Å². The van der Waals surface area contributed by atoms with Gasteiger partial charge in [0.25, 0.3) is 0 Å². The molecule has 3 rings (SSSR count). The molecule has 2 aromatic carbocycles. The first-order valence-electron chi connectivity index (χ1n) is 7.94. The Kier molecular flexibility index (Phi) is 5.52. The summed E-state index contributed by atoms with van der Waals surface area (Å²) < 4.78 is 43.0. The third-order valence-electron chi connectivity index (χ3n) is 4.20. The SMILES string of the molecule is COc1ccc(S(=O)(=O)C2CN(C(=O)CSc3ccc(F)cc3)C2)cc1. The molecule has 0 bridgehead atoms. The van der Waals surface area contributed by atoms with Gasteiger partial charge in [-0.25, -0.2) is 12.8 Å². The van der Waals surface area contributed by atoms with Gasteiger partial charge in [-0.1, -0.05) is 0 Å². The largest absolute Gasteiger partial charge is 0.497 e. The van der Waals surface area contributed by atoms with Crippen molar-refractivity contribution in [3.8, 4) is 5.75 Å². The van der Waals surface area contributed by atoms with Gasteiger partial charge < -0.3 is 9.64 Å². The number of nitrogens with zero attached hydrogens (tertiary/aromatic N) is 1. The number of thioether (sulfide) groups is 1. The molecule has 0 saturated carbocycles. The zero-order chi connectivity index (χ0) is 18.7. The van der Waals surface area contributed by atoms with Gasteiger partial charge >= 0.3 is 0 Å². The fraction of sp³-hybridized carbons (Fsp3) is 0.278. The van der Waals surface area contributed by atoms with Crippen LogP contribution in [0, 0.1) is 5.82 Å². The Labute approximate surface area is 156 Å². The minimum absolute atomic E-state index is 0.125. The van der Waals surface area contributed by atoms with Gasteiger partial charge in [-0.3, -0.25) is 4.79 Å². The molecule has 2 aromatic rings. The standard InChI is InChI=1S/C18H18FNO4S2/c1-24-14-4-8-16(9-5-14)26(22,23)17-10-20(11-17)18(21)12-25-15-6-2-13(19)3-7-15/h2-9,17H,10-12H2,1H3. The fourth-order valence-electron chi connectivity index (χ4n) is 2.56. The lowest BCUT2D eigenvalue weighted by Crippen LogP contribution is -2.57. The first-order chi connectivity index (χ1) is 12.4. The van der Waals surface area contributed by atoms with Crippen molar-refractivity contribution in [1.29, 1.82) is 0 Å². The van der Waals surface area contributed by atoms with Crippen LogP contribution in [0.25, 0.3) is 0 Å². The summed E-state index contributed by atoms with van der Waals surface area (Å²) in [5.74, 6) is 0.337. The summed E-state index contributed by atoms with van der Waals surface area (Å²) in [5, 5.41) is -0.587. The smallest absolute Gasteiger partial charge is 0.233 e. The summed E-state index contributed by atoms with van der Waals surface area (Å²) in [7, 11) is -1.95. The second kappa shape index (κ2) is 7.67. The molecule has 0 unspecified atom stereocenters. The number of likely N-dealkylation sites (tertiary alicyclic amines) is 1. The Morgan fingerprint density at radius 2 is 1.77 bits per heavy atom. The van der Waals surface area contributed by atoms with Crippen LogP contribution in [0.2, 0.25) is 0 Å². The van der Waals surface area contributed by atoms with Crippen molar-refractivity contribution in [2.24, 2.45) is 0 Å². The fourth-order valence-corrected chi connectivity index (χ4v) is 5.02. The third kappa shape index (κ3) is 4.02. The number of benzene rings is 2. The van der Waals surface area contributed by atoms with Crippen LogP contribution in [-0.2, 0) is 14.6 Å². The second-order valence-corrected chi connectivity index (χ2v) is 9.16. The van der Waals surface area contributed by atoms with Crippen molar-refractivity contribution < 1.29 is 22.3 Å². The van der Waals surface area contributed by atoms with Gasteiger partial charge in [0, 0.05) is 18.0 Å². The highest BCUT2D eigenvalue weighted by Crippen LogP contribution is 2.26. The highest BCUT2D eigenvalue weighted by molar-refractivity contribution is 8.00. The lowest BCUT2D eigenvalue weighted by atomic mass is 10.2. The molecule has 1 amide bonds. The molecule has 1 aliphatic rings. The summed E-state index contributed by atoms with van der Waals surface area (Å²) >= 11 is 1.30. The quantitative estimate of drug-likeness (QED) is 0.704. The predicted octanol–water partition coefficient (Wildman–Crippen LogP) is 2.61. The molecule has 1 aliphatic heterocycles. The molecular formula is C18H18FNO4S2. The number of amides is 1. The number of hydrogen-bond donors (Lipinski definition) is 0. The highest BCUT2D eigenvalue weighted by atomic mass is 32.2. The van der Waals surface area contributed by atoms with Crippen LogP contribution in [0.5, 0.6) is 5.75 Å². The molecule has 138 valence electrons. The van der Waals surface area contributed by atoms with E-state index in [1.807, 2.05) is 0 Å². The molecule has 8 heteroatoms. The molecule has 0 aromatic heterocycles. The van der Waals surface area contributed by atoms with E-state index in [-0.39, 0.29) is 35.5 Å². The van der Waals surface area contributed by atoms with Crippen molar-refractivity contribution in [3.05, 3.63) is 54.3 Å². The van der Waals surface area contributed by atoms with Gasteiger partial charge in [0.15, 0.2) is 9.84 Å². The van der Waals surface area contributed by atoms with E-state index in [2.05, 4.69) is 0 Å². The zero-order valence-corrected chi connectivity index (χ0v) is 15.7. The number of rotatable bonds is 6. The van der Waals surface area contributed by atoms with Crippen LogP contribution in [0.4, 0.5) is 4.39 Å². The Bertz CT molecular complexity index is 876. The van der Waals surface area contributed by atoms with Crippen molar-refractivity contribution >= 4 is 27.5 Å². The van der Waals surface area contributed by atoms with Gasteiger partial charge in [0.2, 0.25) is 5.91 Å². The number of halogens is 1. The maximum atomic E-state index is 12.9. The summed E-state index contributed by atoms with van der Waals surface area (Å²) in [6, 6.07) is 12.1. The first-order valence-corrected chi connectivity index (χ1v) is 10.5. The average Bonchev–Trinajstić information content (AvgIpc) is 2.60. The monoisotopic (exact) mass is 395 g/mol. The minimum atomic E-state index is -3.46. The van der Waals surface area contributed by atoms with E-state index < -0.39 is 15.1 Å². The molecule has 1 fully saturated rings. The second-order valence-electron chi connectivity index (χ2n) is 5.88. The summed E-state index contributed by atoms with van der Waals surface area (Å²) in [6.07, 6.45) is 0. The highest BCUT2D eigenvalue weighted by Gasteiger charge is 2.40. The van der Waals surface area contributed by atoms with Crippen molar-refractivity contribution in [2.45, 2.75) is 15.0 Å². The maximum absolute atomic E-state index is 12.9. The van der Waals surface area contributed by atoms with Crippen LogP contribution in [0.15, 0.2) is 58.3 Å². The van der Waals surface area contributed by atoms with Gasteiger partial charge in [-0.2, -0.15) is 0 Å². The van der Waals surface area contributed by atoms with Gasteiger partial charge in [0.05, 0.1) is 17.8 Å². The van der Waals surface area contributed by atoms with E-state index in [0.29, 0.717) is 5.75 Å². The van der Waals surface area contributed by atoms with Crippen molar-refractivity contribution in [2.75, 3.05) is 26.0 Å². The Morgan fingerprint density at radius 3 is 2.35 bits per heavy atom. The molecule has 5 nitrogen and oxygen atoms in total. The number of ether oxygens (including phenoxy) is 1. The average molecular weight is 395 g/mol. The summed E-state index contributed by atoms with van der Waals surface area (Å²) in [4.78, 5) is 14.7. The number of sulfone groups is 1. The maximum Gasteiger partial charge on any atom is 0.233 e. The number of carbonyl (C=O) groups excluding carboxylic acids is 1. The molecule has 1 heterocycles. The van der Waals surface area contributed by atoms with E-state index >= 15 is 0 Å². The molecule has 26 heavy (non-hydrogen) atoms. The van der Waals surface area contributed by atoms with Crippen LogP contribution < -0.4 is 4.74 Å².